The van der Waals surface area contributed by atoms with Crippen molar-refractivity contribution in [3.8, 4) is 5.75 Å². The second-order valence-corrected chi connectivity index (χ2v) is 9.26. The maximum Gasteiger partial charge on any atom is 0.196 e. The summed E-state index contributed by atoms with van der Waals surface area (Å²) in [4.78, 5) is 13.9. The van der Waals surface area contributed by atoms with Gasteiger partial charge in [-0.2, -0.15) is 0 Å². The zero-order chi connectivity index (χ0) is 22.4. The summed E-state index contributed by atoms with van der Waals surface area (Å²) in [5.41, 5.74) is 3.62. The number of aromatic nitrogens is 1. The predicted molar refractivity (Wildman–Crippen MR) is 132 cm³/mol. The van der Waals surface area contributed by atoms with Crippen LogP contribution in [0.5, 0.6) is 5.75 Å². The summed E-state index contributed by atoms with van der Waals surface area (Å²) in [6, 6.07) is 20.6. The van der Waals surface area contributed by atoms with Gasteiger partial charge in [-0.15, -0.1) is 0 Å². The average Bonchev–Trinajstić information content (AvgIpc) is 2.98. The number of hydrogen-bond donors (Lipinski definition) is 2. The number of hydrogen-bond acceptors (Lipinski definition) is 4. The standard InChI is InChI=1S/C28H29N3O2/c1-18-26(28(32)23-10-4-8-19-7-2-3-9-22(19)23)24-11-5-12-25-27(24)31(18)17-21(33-25)15-20-16-29-13-6-14-30-20/h2-5,7-12,20-21,29-30H,6,13-17H2,1H3. The molecule has 1 aromatic heterocycles. The van der Waals surface area contributed by atoms with E-state index in [4.69, 9.17) is 4.74 Å². The van der Waals surface area contributed by atoms with Crippen molar-refractivity contribution < 1.29 is 9.53 Å². The molecule has 3 aromatic carbocycles. The van der Waals surface area contributed by atoms with E-state index in [0.717, 1.165) is 83.3 Å². The van der Waals surface area contributed by atoms with E-state index < -0.39 is 0 Å². The van der Waals surface area contributed by atoms with Crippen molar-refractivity contribution in [2.45, 2.75) is 38.5 Å². The second kappa shape index (κ2) is 8.32. The summed E-state index contributed by atoms with van der Waals surface area (Å²) in [7, 11) is 0. The van der Waals surface area contributed by atoms with E-state index in [-0.39, 0.29) is 11.9 Å². The van der Waals surface area contributed by atoms with E-state index in [1.807, 2.05) is 42.5 Å². The highest BCUT2D eigenvalue weighted by atomic mass is 16.5. The predicted octanol–water partition coefficient (Wildman–Crippen LogP) is 4.44. The molecule has 0 bridgehead atoms. The molecule has 5 nitrogen and oxygen atoms in total. The Kier molecular flexibility index (Phi) is 5.16. The Morgan fingerprint density at radius 1 is 1.03 bits per heavy atom. The molecule has 168 valence electrons. The summed E-state index contributed by atoms with van der Waals surface area (Å²) >= 11 is 0. The first-order valence-corrected chi connectivity index (χ1v) is 12.0. The second-order valence-electron chi connectivity index (χ2n) is 9.26. The number of para-hydroxylation sites is 1. The van der Waals surface area contributed by atoms with Crippen LogP contribution >= 0.6 is 0 Å². The van der Waals surface area contributed by atoms with Crippen molar-refractivity contribution in [1.82, 2.24) is 15.2 Å². The maximum absolute atomic E-state index is 13.9. The fourth-order valence-electron chi connectivity index (χ4n) is 5.56. The molecule has 2 N–H and O–H groups in total. The fourth-order valence-corrected chi connectivity index (χ4v) is 5.56. The van der Waals surface area contributed by atoms with Crippen molar-refractivity contribution in [1.29, 1.82) is 0 Å². The summed E-state index contributed by atoms with van der Waals surface area (Å²) in [5, 5.41) is 10.2. The Balaban J connectivity index is 1.40. The minimum Gasteiger partial charge on any atom is -0.486 e. The van der Waals surface area contributed by atoms with Crippen LogP contribution < -0.4 is 15.4 Å². The van der Waals surface area contributed by atoms with E-state index >= 15 is 0 Å². The Morgan fingerprint density at radius 3 is 2.79 bits per heavy atom. The molecule has 2 aliphatic heterocycles. The zero-order valence-electron chi connectivity index (χ0n) is 18.9. The van der Waals surface area contributed by atoms with Crippen LogP contribution in [0.3, 0.4) is 0 Å². The number of ether oxygens (including phenoxy) is 1. The molecule has 1 fully saturated rings. The minimum atomic E-state index is 0.0760. The lowest BCUT2D eigenvalue weighted by atomic mass is 9.95. The highest BCUT2D eigenvalue weighted by molar-refractivity contribution is 6.22. The number of ketones is 1. The van der Waals surface area contributed by atoms with Gasteiger partial charge in [0.25, 0.3) is 0 Å². The number of nitrogens with one attached hydrogen (secondary N) is 2. The molecule has 0 saturated carbocycles. The molecule has 4 aromatic rings. The minimum absolute atomic E-state index is 0.0760. The quantitative estimate of drug-likeness (QED) is 0.462. The lowest BCUT2D eigenvalue weighted by Gasteiger charge is -2.29. The lowest BCUT2D eigenvalue weighted by Crippen LogP contribution is -2.41. The molecule has 0 radical (unpaired) electrons. The Bertz CT molecular complexity index is 1340. The van der Waals surface area contributed by atoms with Crippen LogP contribution in [0.25, 0.3) is 21.7 Å². The summed E-state index contributed by atoms with van der Waals surface area (Å²) < 4.78 is 8.78. The van der Waals surface area contributed by atoms with Crippen molar-refractivity contribution in [3.05, 3.63) is 77.5 Å². The van der Waals surface area contributed by atoms with E-state index in [1.165, 1.54) is 0 Å². The largest absolute Gasteiger partial charge is 0.486 e. The number of nitrogens with zero attached hydrogens (tertiary/aromatic N) is 1. The molecule has 2 unspecified atom stereocenters. The number of fused-ring (bicyclic) bond motifs is 1. The SMILES string of the molecule is Cc1c(C(=O)c2cccc3ccccc23)c2cccc3c2n1CC(CC1CNCCCN1)O3. The fraction of sp³-hybridized carbons (Fsp3) is 0.321. The monoisotopic (exact) mass is 439 g/mol. The number of carbonyl (C=O) groups excluding carboxylic acids is 1. The molecule has 0 spiro atoms. The highest BCUT2D eigenvalue weighted by Gasteiger charge is 2.30. The Morgan fingerprint density at radius 2 is 1.85 bits per heavy atom. The van der Waals surface area contributed by atoms with E-state index in [1.54, 1.807) is 0 Å². The van der Waals surface area contributed by atoms with Crippen molar-refractivity contribution >= 4 is 27.5 Å². The van der Waals surface area contributed by atoms with Gasteiger partial charge in [-0.3, -0.25) is 4.79 Å². The van der Waals surface area contributed by atoms with Gasteiger partial charge in [-0.25, -0.2) is 0 Å². The van der Waals surface area contributed by atoms with Crippen LogP contribution in [-0.4, -0.2) is 42.1 Å². The average molecular weight is 440 g/mol. The third kappa shape index (κ3) is 3.52. The van der Waals surface area contributed by atoms with E-state index in [0.29, 0.717) is 6.04 Å². The maximum atomic E-state index is 13.9. The summed E-state index contributed by atoms with van der Waals surface area (Å²) in [6.07, 6.45) is 2.17. The Hall–Kier alpha value is -3.15. The van der Waals surface area contributed by atoms with Crippen LogP contribution in [-0.2, 0) is 6.54 Å². The van der Waals surface area contributed by atoms with E-state index in [2.05, 4.69) is 40.3 Å². The van der Waals surface area contributed by atoms with Gasteiger partial charge in [-0.05, 0) is 43.3 Å². The molecule has 2 atom stereocenters. The number of rotatable bonds is 4. The van der Waals surface area contributed by atoms with Gasteiger partial charge in [0.15, 0.2) is 5.78 Å². The van der Waals surface area contributed by atoms with Crippen LogP contribution in [0.2, 0.25) is 0 Å². The first kappa shape index (κ1) is 20.5. The molecular formula is C28H29N3O2. The van der Waals surface area contributed by atoms with Gasteiger partial charge in [0.1, 0.15) is 11.9 Å². The van der Waals surface area contributed by atoms with Gasteiger partial charge in [0.2, 0.25) is 0 Å². The number of benzene rings is 3. The Labute approximate surface area is 193 Å². The van der Waals surface area contributed by atoms with Crippen molar-refractivity contribution in [2.24, 2.45) is 0 Å². The molecular weight excluding hydrogens is 410 g/mol. The summed E-state index contributed by atoms with van der Waals surface area (Å²) in [6.45, 7) is 5.91. The molecule has 6 rings (SSSR count). The van der Waals surface area contributed by atoms with Crippen LogP contribution in [0.4, 0.5) is 0 Å². The normalized spacial score (nSPS) is 20.5. The zero-order valence-corrected chi connectivity index (χ0v) is 18.9. The van der Waals surface area contributed by atoms with E-state index in [9.17, 15) is 4.79 Å². The van der Waals surface area contributed by atoms with Crippen molar-refractivity contribution in [3.63, 3.8) is 0 Å². The summed E-state index contributed by atoms with van der Waals surface area (Å²) in [5.74, 6) is 0.962. The molecule has 3 heterocycles. The smallest absolute Gasteiger partial charge is 0.196 e. The van der Waals surface area contributed by atoms with Gasteiger partial charge < -0.3 is 19.9 Å². The molecule has 0 amide bonds. The van der Waals surface area contributed by atoms with Crippen LogP contribution in [0, 0.1) is 6.92 Å². The molecule has 0 aliphatic carbocycles. The first-order chi connectivity index (χ1) is 16.2. The van der Waals surface area contributed by atoms with Crippen molar-refractivity contribution in [2.75, 3.05) is 19.6 Å². The lowest BCUT2D eigenvalue weighted by molar-refractivity contribution is 0.104. The highest BCUT2D eigenvalue weighted by Crippen LogP contribution is 2.38. The molecule has 2 aliphatic rings. The van der Waals surface area contributed by atoms with Gasteiger partial charge in [0.05, 0.1) is 17.6 Å². The third-order valence-corrected chi connectivity index (χ3v) is 7.15. The first-order valence-electron chi connectivity index (χ1n) is 12.0. The third-order valence-electron chi connectivity index (χ3n) is 7.15. The van der Waals surface area contributed by atoms with Crippen LogP contribution in [0.15, 0.2) is 60.7 Å². The molecule has 33 heavy (non-hydrogen) atoms. The topological polar surface area (TPSA) is 55.3 Å². The molecule has 1 saturated heterocycles. The van der Waals surface area contributed by atoms with Crippen LogP contribution in [0.1, 0.15) is 34.5 Å². The van der Waals surface area contributed by atoms with Gasteiger partial charge in [-0.1, -0.05) is 54.6 Å². The number of carbonyl (C=O) groups is 1. The van der Waals surface area contributed by atoms with Gasteiger partial charge in [0, 0.05) is 35.7 Å². The molecule has 5 heteroatoms. The van der Waals surface area contributed by atoms with Gasteiger partial charge >= 0.3 is 0 Å².